The summed E-state index contributed by atoms with van der Waals surface area (Å²) in [6.07, 6.45) is 10.5. The number of imidazole rings is 1. The highest BCUT2D eigenvalue weighted by molar-refractivity contribution is 5.86. The van der Waals surface area contributed by atoms with Crippen molar-refractivity contribution in [2.75, 3.05) is 11.4 Å². The lowest BCUT2D eigenvalue weighted by molar-refractivity contribution is 0.485. The Hall–Kier alpha value is -3.56. The van der Waals surface area contributed by atoms with Crippen LogP contribution in [0.1, 0.15) is 12.8 Å². The third-order valence-electron chi connectivity index (χ3n) is 5.16. The van der Waals surface area contributed by atoms with Crippen LogP contribution in [0.5, 0.6) is 0 Å². The standard InChI is InChI=1S/C18H19N9O/c1-24-17-14(9-22-24)18(21-11-20-17)26-7-2-3-13(26)10-27-16(28)5-4-15(23-27)25-8-6-19-12-25/h4-6,8-9,11-13H,2-3,7,10H2,1H3. The Morgan fingerprint density at radius 3 is 3.04 bits per heavy atom. The summed E-state index contributed by atoms with van der Waals surface area (Å²) in [4.78, 5) is 27.5. The van der Waals surface area contributed by atoms with Crippen molar-refractivity contribution < 1.29 is 0 Å². The van der Waals surface area contributed by atoms with E-state index in [1.54, 1.807) is 52.6 Å². The van der Waals surface area contributed by atoms with E-state index in [0.717, 1.165) is 36.2 Å². The molecule has 0 aliphatic carbocycles. The van der Waals surface area contributed by atoms with Crippen LogP contribution in [0.25, 0.3) is 16.9 Å². The van der Waals surface area contributed by atoms with Gasteiger partial charge in [-0.2, -0.15) is 10.2 Å². The van der Waals surface area contributed by atoms with Gasteiger partial charge in [0.25, 0.3) is 5.56 Å². The Morgan fingerprint density at radius 2 is 2.18 bits per heavy atom. The van der Waals surface area contributed by atoms with Crippen molar-refractivity contribution in [2.45, 2.75) is 25.4 Å². The molecule has 0 aromatic carbocycles. The lowest BCUT2D eigenvalue weighted by Crippen LogP contribution is -2.37. The number of nitrogens with zero attached hydrogens (tertiary/aromatic N) is 9. The first kappa shape index (κ1) is 16.6. The van der Waals surface area contributed by atoms with Gasteiger partial charge in [0.15, 0.2) is 11.5 Å². The minimum Gasteiger partial charge on any atom is -0.351 e. The quantitative estimate of drug-likeness (QED) is 0.518. The molecule has 1 saturated heterocycles. The Labute approximate surface area is 160 Å². The van der Waals surface area contributed by atoms with E-state index in [4.69, 9.17) is 0 Å². The number of aromatic nitrogens is 8. The number of aryl methyl sites for hydroxylation is 1. The second-order valence-electron chi connectivity index (χ2n) is 6.87. The first-order valence-electron chi connectivity index (χ1n) is 9.16. The molecule has 0 N–H and O–H groups in total. The minimum atomic E-state index is -0.120. The zero-order valence-electron chi connectivity index (χ0n) is 15.4. The summed E-state index contributed by atoms with van der Waals surface area (Å²) in [5.41, 5.74) is 0.679. The van der Waals surface area contributed by atoms with Crippen molar-refractivity contribution in [3.63, 3.8) is 0 Å². The minimum absolute atomic E-state index is 0.120. The number of rotatable bonds is 4. The zero-order valence-corrected chi connectivity index (χ0v) is 15.4. The van der Waals surface area contributed by atoms with Crippen LogP contribution in [-0.2, 0) is 13.6 Å². The lowest BCUT2D eigenvalue weighted by atomic mass is 10.2. The summed E-state index contributed by atoms with van der Waals surface area (Å²) in [7, 11) is 1.87. The molecule has 1 aliphatic rings. The average Bonchev–Trinajstić information content (AvgIpc) is 3.45. The van der Waals surface area contributed by atoms with Crippen molar-refractivity contribution in [1.29, 1.82) is 0 Å². The maximum absolute atomic E-state index is 12.4. The van der Waals surface area contributed by atoms with E-state index >= 15 is 0 Å². The SMILES string of the molecule is Cn1ncc2c(N3CCCC3Cn3nc(-n4ccnc4)ccc3=O)ncnc21. The van der Waals surface area contributed by atoms with Gasteiger partial charge in [-0.1, -0.05) is 0 Å². The molecular formula is C18H19N9O. The van der Waals surface area contributed by atoms with Gasteiger partial charge >= 0.3 is 0 Å². The van der Waals surface area contributed by atoms with Crippen molar-refractivity contribution in [3.8, 4) is 5.82 Å². The smallest absolute Gasteiger partial charge is 0.266 e. The van der Waals surface area contributed by atoms with E-state index in [1.807, 2.05) is 7.05 Å². The summed E-state index contributed by atoms with van der Waals surface area (Å²) in [6, 6.07) is 3.38. The lowest BCUT2D eigenvalue weighted by Gasteiger charge is -2.26. The molecule has 0 bridgehead atoms. The fraction of sp³-hybridized carbons (Fsp3) is 0.333. The summed E-state index contributed by atoms with van der Waals surface area (Å²) >= 11 is 0. The molecule has 5 heterocycles. The molecule has 4 aromatic rings. The largest absolute Gasteiger partial charge is 0.351 e. The van der Waals surface area contributed by atoms with E-state index in [1.165, 1.54) is 4.68 Å². The third kappa shape index (κ3) is 2.73. The summed E-state index contributed by atoms with van der Waals surface area (Å²) in [5, 5.41) is 9.75. The van der Waals surface area contributed by atoms with E-state index in [0.29, 0.717) is 12.4 Å². The van der Waals surface area contributed by atoms with Crippen LogP contribution in [0.15, 0.2) is 48.2 Å². The second-order valence-corrected chi connectivity index (χ2v) is 6.87. The van der Waals surface area contributed by atoms with Crippen molar-refractivity contribution >= 4 is 16.9 Å². The van der Waals surface area contributed by atoms with Gasteiger partial charge in [0.2, 0.25) is 0 Å². The molecule has 0 saturated carbocycles. The number of fused-ring (bicyclic) bond motifs is 1. The second kappa shape index (κ2) is 6.55. The summed E-state index contributed by atoms with van der Waals surface area (Å²) < 4.78 is 5.05. The topological polar surface area (TPSA) is 99.6 Å². The normalized spacial score (nSPS) is 16.9. The van der Waals surface area contributed by atoms with Gasteiger partial charge in [0, 0.05) is 32.1 Å². The molecule has 1 unspecified atom stereocenters. The highest BCUT2D eigenvalue weighted by atomic mass is 16.1. The third-order valence-corrected chi connectivity index (χ3v) is 5.16. The van der Waals surface area contributed by atoms with E-state index in [-0.39, 0.29) is 11.6 Å². The Morgan fingerprint density at radius 1 is 1.25 bits per heavy atom. The van der Waals surface area contributed by atoms with Crippen LogP contribution in [-0.4, -0.2) is 51.7 Å². The van der Waals surface area contributed by atoms with Crippen LogP contribution in [0, 0.1) is 0 Å². The van der Waals surface area contributed by atoms with Gasteiger partial charge in [0.1, 0.15) is 18.5 Å². The van der Waals surface area contributed by atoms with Gasteiger partial charge in [0.05, 0.1) is 24.2 Å². The Bertz CT molecular complexity index is 1180. The van der Waals surface area contributed by atoms with Crippen molar-refractivity contribution in [2.24, 2.45) is 7.05 Å². The molecule has 5 rings (SSSR count). The molecule has 1 aliphatic heterocycles. The van der Waals surface area contributed by atoms with Crippen LogP contribution in [0.2, 0.25) is 0 Å². The molecule has 0 spiro atoms. The molecule has 1 atom stereocenters. The number of hydrogen-bond donors (Lipinski definition) is 0. The molecule has 10 nitrogen and oxygen atoms in total. The van der Waals surface area contributed by atoms with Gasteiger partial charge in [-0.05, 0) is 18.9 Å². The fourth-order valence-electron chi connectivity index (χ4n) is 3.78. The molecule has 4 aromatic heterocycles. The van der Waals surface area contributed by atoms with Crippen LogP contribution < -0.4 is 10.5 Å². The van der Waals surface area contributed by atoms with Crippen molar-refractivity contribution in [1.82, 2.24) is 39.1 Å². The van der Waals surface area contributed by atoms with Crippen molar-refractivity contribution in [3.05, 3.63) is 53.7 Å². The van der Waals surface area contributed by atoms with E-state index in [9.17, 15) is 4.79 Å². The predicted molar refractivity (Wildman–Crippen MR) is 102 cm³/mol. The maximum Gasteiger partial charge on any atom is 0.266 e. The molecule has 28 heavy (non-hydrogen) atoms. The molecular weight excluding hydrogens is 358 g/mol. The summed E-state index contributed by atoms with van der Waals surface area (Å²) in [5.74, 6) is 1.53. The molecule has 0 radical (unpaired) electrons. The first-order valence-corrected chi connectivity index (χ1v) is 9.16. The van der Waals surface area contributed by atoms with Crippen LogP contribution in [0.4, 0.5) is 5.82 Å². The molecule has 10 heteroatoms. The predicted octanol–water partition coefficient (Wildman–Crippen LogP) is 0.775. The van der Waals surface area contributed by atoms with Gasteiger partial charge < -0.3 is 4.90 Å². The monoisotopic (exact) mass is 377 g/mol. The van der Waals surface area contributed by atoms with Gasteiger partial charge in [-0.3, -0.25) is 14.0 Å². The van der Waals surface area contributed by atoms with Crippen LogP contribution in [0.3, 0.4) is 0 Å². The van der Waals surface area contributed by atoms with E-state index < -0.39 is 0 Å². The Balaban J connectivity index is 1.48. The molecule has 142 valence electrons. The average molecular weight is 377 g/mol. The van der Waals surface area contributed by atoms with Gasteiger partial charge in [-0.15, -0.1) is 0 Å². The summed E-state index contributed by atoms with van der Waals surface area (Å²) in [6.45, 7) is 1.37. The number of hydrogen-bond acceptors (Lipinski definition) is 7. The maximum atomic E-state index is 12.4. The van der Waals surface area contributed by atoms with Crippen LogP contribution >= 0.6 is 0 Å². The highest BCUT2D eigenvalue weighted by Gasteiger charge is 2.28. The first-order chi connectivity index (χ1) is 13.7. The zero-order chi connectivity index (χ0) is 19.1. The number of anilines is 1. The van der Waals surface area contributed by atoms with Gasteiger partial charge in [-0.25, -0.2) is 19.6 Å². The Kier molecular flexibility index (Phi) is 3.89. The highest BCUT2D eigenvalue weighted by Crippen LogP contribution is 2.29. The molecule has 1 fully saturated rings. The fourth-order valence-corrected chi connectivity index (χ4v) is 3.78. The van der Waals surface area contributed by atoms with E-state index in [2.05, 4.69) is 30.0 Å². The molecule has 0 amide bonds.